The van der Waals surface area contributed by atoms with Crippen molar-refractivity contribution in [2.75, 3.05) is 25.5 Å². The van der Waals surface area contributed by atoms with Gasteiger partial charge in [-0.1, -0.05) is 36.4 Å². The molecular formula is C21H26N3O3+. The summed E-state index contributed by atoms with van der Waals surface area (Å²) < 4.78 is 5.23. The van der Waals surface area contributed by atoms with Crippen LogP contribution in [0.25, 0.3) is 0 Å². The predicted molar refractivity (Wildman–Crippen MR) is 103 cm³/mol. The van der Waals surface area contributed by atoms with Gasteiger partial charge in [0.05, 0.1) is 26.1 Å². The van der Waals surface area contributed by atoms with Gasteiger partial charge in [0.15, 0.2) is 6.04 Å². The quantitative estimate of drug-likeness (QED) is 0.715. The molecule has 1 aliphatic heterocycles. The first-order chi connectivity index (χ1) is 13.1. The molecule has 142 valence electrons. The molecule has 1 saturated heterocycles. The lowest BCUT2D eigenvalue weighted by Crippen LogP contribution is -3.15. The summed E-state index contributed by atoms with van der Waals surface area (Å²) in [5, 5.41) is 3.00. The standard InChI is InChI=1S/C21H25N3O3/c1-27-18-11-5-10-17(13-18)23-21(26)19(15-7-3-2-4-8-15)24-12-6-9-16(14-24)20(22)25/h2-5,7-8,10-11,13,16,19H,6,9,12,14H2,1H3,(H2,22,25)(H,23,26)/p+1/t16-,19-/m0/s1. The maximum atomic E-state index is 13.2. The second kappa shape index (κ2) is 8.68. The minimum Gasteiger partial charge on any atom is -0.497 e. The van der Waals surface area contributed by atoms with Crippen LogP contribution in [0.15, 0.2) is 54.6 Å². The van der Waals surface area contributed by atoms with Crippen molar-refractivity contribution >= 4 is 17.5 Å². The number of hydrogen-bond donors (Lipinski definition) is 3. The van der Waals surface area contributed by atoms with Crippen molar-refractivity contribution in [3.63, 3.8) is 0 Å². The van der Waals surface area contributed by atoms with Crippen LogP contribution in [0.3, 0.4) is 0 Å². The molecule has 2 aromatic rings. The van der Waals surface area contributed by atoms with Gasteiger partial charge in [0.2, 0.25) is 5.91 Å². The van der Waals surface area contributed by atoms with E-state index in [9.17, 15) is 9.59 Å². The number of likely N-dealkylation sites (tertiary alicyclic amines) is 1. The highest BCUT2D eigenvalue weighted by Crippen LogP contribution is 2.20. The third-order valence-corrected chi connectivity index (χ3v) is 5.10. The fourth-order valence-electron chi connectivity index (χ4n) is 3.73. The zero-order chi connectivity index (χ0) is 19.2. The number of piperidine rings is 1. The number of quaternary nitrogens is 1. The van der Waals surface area contributed by atoms with Gasteiger partial charge in [-0.25, -0.2) is 0 Å². The van der Waals surface area contributed by atoms with Crippen LogP contribution >= 0.6 is 0 Å². The number of rotatable bonds is 6. The summed E-state index contributed by atoms with van der Waals surface area (Å²) in [5.74, 6) is 0.106. The van der Waals surface area contributed by atoms with E-state index in [1.54, 1.807) is 13.2 Å². The van der Waals surface area contributed by atoms with Crippen LogP contribution < -0.4 is 20.7 Å². The molecule has 1 fully saturated rings. The van der Waals surface area contributed by atoms with Gasteiger partial charge in [-0.2, -0.15) is 0 Å². The average Bonchev–Trinajstić information content (AvgIpc) is 2.69. The lowest BCUT2D eigenvalue weighted by molar-refractivity contribution is -0.928. The number of ether oxygens (including phenoxy) is 1. The third kappa shape index (κ3) is 4.65. The highest BCUT2D eigenvalue weighted by molar-refractivity contribution is 5.94. The average molecular weight is 368 g/mol. The zero-order valence-electron chi connectivity index (χ0n) is 15.5. The minimum atomic E-state index is -0.403. The van der Waals surface area contributed by atoms with Crippen LogP contribution in [0, 0.1) is 5.92 Å². The molecule has 4 N–H and O–H groups in total. The van der Waals surface area contributed by atoms with Gasteiger partial charge in [-0.15, -0.1) is 0 Å². The number of primary amides is 1. The summed E-state index contributed by atoms with van der Waals surface area (Å²) in [5.41, 5.74) is 7.15. The van der Waals surface area contributed by atoms with E-state index in [4.69, 9.17) is 10.5 Å². The molecule has 0 bridgehead atoms. The summed E-state index contributed by atoms with van der Waals surface area (Å²) in [6, 6.07) is 16.6. The Morgan fingerprint density at radius 2 is 1.96 bits per heavy atom. The fourth-order valence-corrected chi connectivity index (χ4v) is 3.73. The van der Waals surface area contributed by atoms with Crippen molar-refractivity contribution in [2.45, 2.75) is 18.9 Å². The van der Waals surface area contributed by atoms with E-state index >= 15 is 0 Å². The van der Waals surface area contributed by atoms with Gasteiger partial charge in [-0.05, 0) is 25.0 Å². The first kappa shape index (κ1) is 18.9. The van der Waals surface area contributed by atoms with Crippen molar-refractivity contribution in [1.82, 2.24) is 0 Å². The molecule has 1 aliphatic rings. The number of nitrogens with two attached hydrogens (primary N) is 1. The van der Waals surface area contributed by atoms with Crippen molar-refractivity contribution in [3.05, 3.63) is 60.2 Å². The van der Waals surface area contributed by atoms with Crippen molar-refractivity contribution < 1.29 is 19.2 Å². The zero-order valence-corrected chi connectivity index (χ0v) is 15.5. The van der Waals surface area contributed by atoms with Gasteiger partial charge in [-0.3, -0.25) is 9.59 Å². The molecule has 1 unspecified atom stereocenters. The normalized spacial score (nSPS) is 20.5. The van der Waals surface area contributed by atoms with E-state index in [1.165, 1.54) is 0 Å². The molecule has 0 aromatic heterocycles. The molecule has 3 rings (SSSR count). The summed E-state index contributed by atoms with van der Waals surface area (Å²) in [6.45, 7) is 1.40. The van der Waals surface area contributed by atoms with Crippen LogP contribution in [0.4, 0.5) is 5.69 Å². The Morgan fingerprint density at radius 1 is 1.19 bits per heavy atom. The number of carbonyl (C=O) groups is 2. The van der Waals surface area contributed by atoms with Crippen LogP contribution in [0.1, 0.15) is 24.4 Å². The van der Waals surface area contributed by atoms with Crippen molar-refractivity contribution in [2.24, 2.45) is 11.7 Å². The summed E-state index contributed by atoms with van der Waals surface area (Å²) in [6.07, 6.45) is 1.66. The molecule has 0 aliphatic carbocycles. The second-order valence-electron chi connectivity index (χ2n) is 6.92. The van der Waals surface area contributed by atoms with Crippen LogP contribution in [-0.2, 0) is 9.59 Å². The molecule has 6 heteroatoms. The van der Waals surface area contributed by atoms with Gasteiger partial charge in [0, 0.05) is 17.3 Å². The van der Waals surface area contributed by atoms with Gasteiger partial charge in [0.25, 0.3) is 5.91 Å². The van der Waals surface area contributed by atoms with E-state index in [1.807, 2.05) is 48.5 Å². The number of anilines is 1. The minimum absolute atomic E-state index is 0.102. The van der Waals surface area contributed by atoms with E-state index in [2.05, 4.69) is 5.32 Å². The lowest BCUT2D eigenvalue weighted by Gasteiger charge is -2.33. The summed E-state index contributed by atoms with van der Waals surface area (Å²) >= 11 is 0. The number of carbonyl (C=O) groups excluding carboxylic acids is 2. The molecule has 0 spiro atoms. The van der Waals surface area contributed by atoms with E-state index < -0.39 is 6.04 Å². The Kier molecular flexibility index (Phi) is 6.08. The topological polar surface area (TPSA) is 85.9 Å². The first-order valence-corrected chi connectivity index (χ1v) is 9.22. The van der Waals surface area contributed by atoms with Crippen LogP contribution in [0.5, 0.6) is 5.75 Å². The number of methoxy groups -OCH3 is 1. The number of hydrogen-bond acceptors (Lipinski definition) is 3. The molecule has 3 atom stereocenters. The van der Waals surface area contributed by atoms with Crippen molar-refractivity contribution in [1.29, 1.82) is 0 Å². The molecular weight excluding hydrogens is 342 g/mol. The van der Waals surface area contributed by atoms with Crippen LogP contribution in [0.2, 0.25) is 0 Å². The second-order valence-corrected chi connectivity index (χ2v) is 6.92. The Morgan fingerprint density at radius 3 is 2.67 bits per heavy atom. The third-order valence-electron chi connectivity index (χ3n) is 5.10. The summed E-state index contributed by atoms with van der Waals surface area (Å²) in [4.78, 5) is 26.0. The smallest absolute Gasteiger partial charge is 0.287 e. The molecule has 2 amide bonds. The Bertz CT molecular complexity index is 794. The molecule has 1 heterocycles. The maximum Gasteiger partial charge on any atom is 0.287 e. The fraction of sp³-hybridized carbons (Fsp3) is 0.333. The maximum absolute atomic E-state index is 13.2. The highest BCUT2D eigenvalue weighted by atomic mass is 16.5. The molecule has 0 saturated carbocycles. The number of amides is 2. The molecule has 27 heavy (non-hydrogen) atoms. The predicted octanol–water partition coefficient (Wildman–Crippen LogP) is 1.16. The van der Waals surface area contributed by atoms with Crippen molar-refractivity contribution in [3.8, 4) is 5.75 Å². The van der Waals surface area contributed by atoms with E-state index in [0.29, 0.717) is 18.0 Å². The number of nitrogens with one attached hydrogen (secondary N) is 2. The molecule has 2 aromatic carbocycles. The van der Waals surface area contributed by atoms with Gasteiger partial charge in [0.1, 0.15) is 5.75 Å². The largest absolute Gasteiger partial charge is 0.497 e. The molecule has 0 radical (unpaired) electrons. The lowest BCUT2D eigenvalue weighted by atomic mass is 9.94. The van der Waals surface area contributed by atoms with E-state index in [0.717, 1.165) is 29.8 Å². The van der Waals surface area contributed by atoms with Gasteiger partial charge >= 0.3 is 0 Å². The Balaban J connectivity index is 1.85. The Labute approximate surface area is 159 Å². The van der Waals surface area contributed by atoms with Crippen LogP contribution in [-0.4, -0.2) is 32.0 Å². The highest BCUT2D eigenvalue weighted by Gasteiger charge is 2.37. The van der Waals surface area contributed by atoms with Gasteiger partial charge < -0.3 is 20.7 Å². The number of benzene rings is 2. The summed E-state index contributed by atoms with van der Waals surface area (Å²) in [7, 11) is 1.59. The first-order valence-electron chi connectivity index (χ1n) is 9.22. The SMILES string of the molecule is COc1cccc(NC(=O)[C@H](c2ccccc2)[NH+]2CCC[C@H](C(N)=O)C2)c1. The monoisotopic (exact) mass is 368 g/mol. The Hall–Kier alpha value is -2.86. The molecule has 6 nitrogen and oxygen atoms in total. The van der Waals surface area contributed by atoms with E-state index in [-0.39, 0.29) is 17.7 Å².